The summed E-state index contributed by atoms with van der Waals surface area (Å²) in [5.74, 6) is 0. The van der Waals surface area contributed by atoms with Crippen molar-refractivity contribution in [3.05, 3.63) is 35.7 Å². The summed E-state index contributed by atoms with van der Waals surface area (Å²) in [7, 11) is 0. The fourth-order valence-corrected chi connectivity index (χ4v) is 1.89. The number of hydrogen-bond acceptors (Lipinski definition) is 2. The van der Waals surface area contributed by atoms with Crippen LogP contribution in [0.15, 0.2) is 30.6 Å². The van der Waals surface area contributed by atoms with E-state index in [0.717, 1.165) is 16.8 Å². The van der Waals surface area contributed by atoms with E-state index in [1.807, 2.05) is 24.3 Å². The standard InChI is InChI=1S/C10H5ClN2/c11-10-8-6-3-1-2-4-7(6)9(8)12-5-13-10/h1-5H. The Balaban J connectivity index is 2.35. The highest BCUT2D eigenvalue weighted by Crippen LogP contribution is 2.47. The van der Waals surface area contributed by atoms with E-state index in [0.29, 0.717) is 5.15 Å². The van der Waals surface area contributed by atoms with Crippen LogP contribution in [-0.4, -0.2) is 9.97 Å². The third-order valence-corrected chi connectivity index (χ3v) is 2.54. The fraction of sp³-hybridized carbons (Fsp3) is 0. The van der Waals surface area contributed by atoms with Gasteiger partial charge < -0.3 is 0 Å². The second-order valence-corrected chi connectivity index (χ2v) is 3.29. The maximum absolute atomic E-state index is 5.94. The van der Waals surface area contributed by atoms with Crippen molar-refractivity contribution in [2.24, 2.45) is 0 Å². The third kappa shape index (κ3) is 0.783. The Morgan fingerprint density at radius 2 is 1.77 bits per heavy atom. The predicted molar refractivity (Wildman–Crippen MR) is 51.5 cm³/mol. The van der Waals surface area contributed by atoms with Gasteiger partial charge in [-0.15, -0.1) is 0 Å². The number of hydrogen-bond donors (Lipinski definition) is 0. The molecule has 0 amide bonds. The zero-order valence-electron chi connectivity index (χ0n) is 6.66. The first-order chi connectivity index (χ1) is 6.38. The van der Waals surface area contributed by atoms with Gasteiger partial charge in [0.25, 0.3) is 0 Å². The van der Waals surface area contributed by atoms with E-state index in [1.54, 1.807) is 0 Å². The third-order valence-electron chi connectivity index (χ3n) is 2.25. The summed E-state index contributed by atoms with van der Waals surface area (Å²) in [6.07, 6.45) is 1.50. The van der Waals surface area contributed by atoms with E-state index in [9.17, 15) is 0 Å². The molecule has 13 heavy (non-hydrogen) atoms. The lowest BCUT2D eigenvalue weighted by atomic mass is 9.86. The molecule has 1 aliphatic rings. The van der Waals surface area contributed by atoms with Crippen LogP contribution in [0.25, 0.3) is 22.4 Å². The molecule has 1 aliphatic carbocycles. The number of rotatable bonds is 0. The molecule has 0 saturated heterocycles. The van der Waals surface area contributed by atoms with Crippen LogP contribution in [0.4, 0.5) is 0 Å². The Labute approximate surface area is 80.2 Å². The van der Waals surface area contributed by atoms with Gasteiger partial charge in [-0.25, -0.2) is 9.97 Å². The average molecular weight is 189 g/mol. The summed E-state index contributed by atoms with van der Waals surface area (Å²) in [6, 6.07) is 8.07. The van der Waals surface area contributed by atoms with Crippen LogP contribution in [0.3, 0.4) is 0 Å². The van der Waals surface area contributed by atoms with Crippen LogP contribution < -0.4 is 0 Å². The summed E-state index contributed by atoms with van der Waals surface area (Å²) in [5, 5.41) is 0.545. The molecule has 1 aromatic heterocycles. The van der Waals surface area contributed by atoms with Gasteiger partial charge in [-0.2, -0.15) is 0 Å². The maximum atomic E-state index is 5.94. The Morgan fingerprint density at radius 1 is 1.00 bits per heavy atom. The van der Waals surface area contributed by atoms with E-state index >= 15 is 0 Å². The Bertz CT molecular complexity index is 494. The van der Waals surface area contributed by atoms with Crippen molar-refractivity contribution in [1.29, 1.82) is 0 Å². The SMILES string of the molecule is Clc1ncnc2c1-c1ccccc1-2. The van der Waals surface area contributed by atoms with Gasteiger partial charge in [-0.05, 0) is 5.56 Å². The number of aromatic nitrogens is 2. The Hall–Kier alpha value is -1.41. The molecule has 0 N–H and O–H groups in total. The second-order valence-electron chi connectivity index (χ2n) is 2.93. The van der Waals surface area contributed by atoms with Crippen molar-refractivity contribution in [3.8, 4) is 22.4 Å². The topological polar surface area (TPSA) is 25.8 Å². The van der Waals surface area contributed by atoms with E-state index in [1.165, 1.54) is 11.9 Å². The van der Waals surface area contributed by atoms with Crippen molar-refractivity contribution < 1.29 is 0 Å². The van der Waals surface area contributed by atoms with E-state index < -0.39 is 0 Å². The lowest BCUT2D eigenvalue weighted by molar-refractivity contribution is 1.16. The largest absolute Gasteiger partial charge is 0.236 e. The molecule has 0 bridgehead atoms. The minimum Gasteiger partial charge on any atom is -0.236 e. The minimum absolute atomic E-state index is 0.545. The van der Waals surface area contributed by atoms with Crippen LogP contribution in [-0.2, 0) is 0 Å². The summed E-state index contributed by atoms with van der Waals surface area (Å²) >= 11 is 5.94. The molecular formula is C10H5ClN2. The first-order valence-corrected chi connectivity index (χ1v) is 4.36. The average Bonchev–Trinajstić information content (AvgIpc) is 2.14. The molecule has 0 atom stereocenters. The van der Waals surface area contributed by atoms with Crippen LogP contribution in [0.2, 0.25) is 5.15 Å². The zero-order chi connectivity index (χ0) is 8.84. The van der Waals surface area contributed by atoms with Crippen LogP contribution in [0, 0.1) is 0 Å². The monoisotopic (exact) mass is 188 g/mol. The van der Waals surface area contributed by atoms with Crippen molar-refractivity contribution in [3.63, 3.8) is 0 Å². The van der Waals surface area contributed by atoms with E-state index in [4.69, 9.17) is 11.6 Å². The summed E-state index contributed by atoms with van der Waals surface area (Å²) in [5.41, 5.74) is 4.28. The molecule has 0 saturated carbocycles. The quantitative estimate of drug-likeness (QED) is 0.507. The zero-order valence-corrected chi connectivity index (χ0v) is 7.42. The molecule has 2 aromatic rings. The van der Waals surface area contributed by atoms with Gasteiger partial charge in [0.2, 0.25) is 0 Å². The highest BCUT2D eigenvalue weighted by atomic mass is 35.5. The fourth-order valence-electron chi connectivity index (χ4n) is 1.65. The number of nitrogens with zero attached hydrogens (tertiary/aromatic N) is 2. The molecule has 3 rings (SSSR count). The Morgan fingerprint density at radius 3 is 2.62 bits per heavy atom. The van der Waals surface area contributed by atoms with Crippen LogP contribution >= 0.6 is 11.6 Å². The second kappa shape index (κ2) is 2.30. The van der Waals surface area contributed by atoms with Gasteiger partial charge in [0.05, 0.1) is 5.69 Å². The minimum atomic E-state index is 0.545. The number of fused-ring (bicyclic) bond motifs is 4. The summed E-state index contributed by atoms with van der Waals surface area (Å²) in [4.78, 5) is 8.12. The van der Waals surface area contributed by atoms with Gasteiger partial charge in [-0.3, -0.25) is 0 Å². The molecular weight excluding hydrogens is 184 g/mol. The molecule has 0 aliphatic heterocycles. The first kappa shape index (κ1) is 7.04. The molecule has 1 heterocycles. The van der Waals surface area contributed by atoms with Crippen molar-refractivity contribution in [2.45, 2.75) is 0 Å². The molecule has 0 radical (unpaired) electrons. The summed E-state index contributed by atoms with van der Waals surface area (Å²) < 4.78 is 0. The highest BCUT2D eigenvalue weighted by molar-refractivity contribution is 6.34. The van der Waals surface area contributed by atoms with Crippen molar-refractivity contribution in [1.82, 2.24) is 9.97 Å². The lowest BCUT2D eigenvalue weighted by Gasteiger charge is -2.21. The molecule has 0 unspecified atom stereocenters. The molecule has 0 fully saturated rings. The molecule has 0 spiro atoms. The van der Waals surface area contributed by atoms with Crippen LogP contribution in [0.1, 0.15) is 0 Å². The molecule has 62 valence electrons. The lowest BCUT2D eigenvalue weighted by Crippen LogP contribution is -2.02. The van der Waals surface area contributed by atoms with E-state index in [2.05, 4.69) is 9.97 Å². The van der Waals surface area contributed by atoms with Crippen molar-refractivity contribution in [2.75, 3.05) is 0 Å². The number of benzene rings is 1. The highest BCUT2D eigenvalue weighted by Gasteiger charge is 2.25. The van der Waals surface area contributed by atoms with Crippen molar-refractivity contribution >= 4 is 11.6 Å². The normalized spacial score (nSPS) is 11.5. The van der Waals surface area contributed by atoms with Gasteiger partial charge in [0, 0.05) is 11.1 Å². The van der Waals surface area contributed by atoms with Gasteiger partial charge in [-0.1, -0.05) is 35.9 Å². The predicted octanol–water partition coefficient (Wildman–Crippen LogP) is 2.78. The first-order valence-electron chi connectivity index (χ1n) is 3.98. The molecule has 2 nitrogen and oxygen atoms in total. The molecule has 1 aromatic carbocycles. The maximum Gasteiger partial charge on any atom is 0.140 e. The summed E-state index contributed by atoms with van der Waals surface area (Å²) in [6.45, 7) is 0. The van der Waals surface area contributed by atoms with Gasteiger partial charge >= 0.3 is 0 Å². The van der Waals surface area contributed by atoms with Crippen LogP contribution in [0.5, 0.6) is 0 Å². The smallest absolute Gasteiger partial charge is 0.140 e. The van der Waals surface area contributed by atoms with Gasteiger partial charge in [0.1, 0.15) is 11.5 Å². The molecule has 3 heteroatoms. The van der Waals surface area contributed by atoms with Gasteiger partial charge in [0.15, 0.2) is 0 Å². The van der Waals surface area contributed by atoms with E-state index in [-0.39, 0.29) is 0 Å². The Kier molecular flexibility index (Phi) is 1.24. The number of halogens is 1.